The van der Waals surface area contributed by atoms with E-state index in [-0.39, 0.29) is 31.1 Å². The minimum atomic E-state index is -0.796. The van der Waals surface area contributed by atoms with Gasteiger partial charge in [-0.2, -0.15) is 0 Å². The number of carbonyl (C=O) groups is 3. The Labute approximate surface area is 515 Å². The Balaban J connectivity index is 4.32. The first-order valence-corrected chi connectivity index (χ1v) is 36.1. The molecule has 0 heterocycles. The molecule has 0 rings (SSSR count). The summed E-state index contributed by atoms with van der Waals surface area (Å²) >= 11 is 0. The Morgan fingerprint density at radius 1 is 0.253 bits per heavy atom. The fourth-order valence-corrected chi connectivity index (χ4v) is 10.5. The number of unbranched alkanes of at least 4 members (excludes halogenated alkanes) is 41. The van der Waals surface area contributed by atoms with Crippen LogP contribution in [0.1, 0.15) is 367 Å². The molecule has 6 nitrogen and oxygen atoms in total. The van der Waals surface area contributed by atoms with Crippen LogP contribution < -0.4 is 0 Å². The Morgan fingerprint density at radius 3 is 0.771 bits per heavy atom. The second-order valence-electron chi connectivity index (χ2n) is 24.1. The Kier molecular flexibility index (Phi) is 68.2. The fourth-order valence-electron chi connectivity index (χ4n) is 10.5. The molecule has 0 spiro atoms. The number of esters is 3. The van der Waals surface area contributed by atoms with Gasteiger partial charge < -0.3 is 14.2 Å². The number of hydrogen-bond donors (Lipinski definition) is 0. The summed E-state index contributed by atoms with van der Waals surface area (Å²) in [4.78, 5) is 38.5. The van der Waals surface area contributed by atoms with Crippen LogP contribution in [-0.4, -0.2) is 37.2 Å². The monoisotopic (exact) mass is 1160 g/mol. The largest absolute Gasteiger partial charge is 0.462 e. The third kappa shape index (κ3) is 69.3. The molecule has 0 aliphatic rings. The van der Waals surface area contributed by atoms with Gasteiger partial charge in [0.1, 0.15) is 13.2 Å². The van der Waals surface area contributed by atoms with Gasteiger partial charge in [-0.1, -0.05) is 318 Å². The van der Waals surface area contributed by atoms with E-state index in [1.54, 1.807) is 0 Å². The maximum atomic E-state index is 13.0. The van der Waals surface area contributed by atoms with E-state index < -0.39 is 6.10 Å². The minimum Gasteiger partial charge on any atom is -0.462 e. The number of carbonyl (C=O) groups excluding carboxylic acids is 3. The zero-order valence-corrected chi connectivity index (χ0v) is 55.2. The molecule has 0 aromatic rings. The summed E-state index contributed by atoms with van der Waals surface area (Å²) in [5, 5.41) is 0. The number of hydrogen-bond acceptors (Lipinski definition) is 6. The van der Waals surface area contributed by atoms with Gasteiger partial charge in [-0.25, -0.2) is 0 Å². The van der Waals surface area contributed by atoms with Crippen molar-refractivity contribution >= 4 is 17.9 Å². The van der Waals surface area contributed by atoms with Crippen LogP contribution in [0.2, 0.25) is 0 Å². The Bertz CT molecular complexity index is 1570. The van der Waals surface area contributed by atoms with Crippen LogP contribution in [0.4, 0.5) is 0 Å². The normalized spacial score (nSPS) is 12.6. The summed E-state index contributed by atoms with van der Waals surface area (Å²) < 4.78 is 17.0. The van der Waals surface area contributed by atoms with Gasteiger partial charge in [-0.05, 0) is 116 Å². The molecule has 0 fully saturated rings. The number of ether oxygens (including phenoxy) is 3. The van der Waals surface area contributed by atoms with Gasteiger partial charge in [-0.3, -0.25) is 14.4 Å². The van der Waals surface area contributed by atoms with E-state index in [0.717, 1.165) is 89.9 Å². The zero-order chi connectivity index (χ0) is 59.9. The lowest BCUT2D eigenvalue weighted by atomic mass is 10.0. The highest BCUT2D eigenvalue weighted by Crippen LogP contribution is 2.18. The molecule has 0 N–H and O–H groups in total. The molecule has 1 unspecified atom stereocenters. The van der Waals surface area contributed by atoms with E-state index in [9.17, 15) is 14.4 Å². The molecule has 0 aromatic carbocycles. The van der Waals surface area contributed by atoms with Crippen LogP contribution in [0.25, 0.3) is 0 Å². The van der Waals surface area contributed by atoms with E-state index in [4.69, 9.17) is 14.2 Å². The van der Waals surface area contributed by atoms with Crippen molar-refractivity contribution in [2.75, 3.05) is 13.2 Å². The van der Waals surface area contributed by atoms with Crippen molar-refractivity contribution in [2.24, 2.45) is 0 Å². The topological polar surface area (TPSA) is 78.9 Å². The van der Waals surface area contributed by atoms with E-state index in [1.807, 2.05) is 0 Å². The Morgan fingerprint density at radius 2 is 0.470 bits per heavy atom. The third-order valence-electron chi connectivity index (χ3n) is 15.9. The summed E-state index contributed by atoms with van der Waals surface area (Å²) in [5.74, 6) is -0.913. The van der Waals surface area contributed by atoms with Crippen molar-refractivity contribution in [1.82, 2.24) is 0 Å². The SMILES string of the molecule is CC/C=C\C/C=C\C/C=C\C/C=C\CCCCC(=O)OCC(COC(=O)CCCCCCCCCCCCCCC/C=C\C/C=C\CCCCCCC)OC(=O)CCCCCCCCCCCCCCC/C=C\CCCCCCCCCC. The maximum Gasteiger partial charge on any atom is 0.306 e. The maximum absolute atomic E-state index is 13.0. The van der Waals surface area contributed by atoms with E-state index >= 15 is 0 Å². The van der Waals surface area contributed by atoms with Crippen LogP contribution in [-0.2, 0) is 28.6 Å². The zero-order valence-electron chi connectivity index (χ0n) is 55.2. The molecular formula is C77H136O6. The lowest BCUT2D eigenvalue weighted by Gasteiger charge is -2.18. The van der Waals surface area contributed by atoms with Gasteiger partial charge in [0.05, 0.1) is 0 Å². The summed E-state index contributed by atoms with van der Waals surface area (Å²) in [7, 11) is 0. The average Bonchev–Trinajstić information content (AvgIpc) is 3.49. The van der Waals surface area contributed by atoms with Crippen LogP contribution in [0.3, 0.4) is 0 Å². The molecule has 0 aliphatic carbocycles. The van der Waals surface area contributed by atoms with Crippen LogP contribution in [0.15, 0.2) is 85.1 Å². The molecule has 0 radical (unpaired) electrons. The predicted molar refractivity (Wildman–Crippen MR) is 362 cm³/mol. The minimum absolute atomic E-state index is 0.0878. The van der Waals surface area contributed by atoms with Gasteiger partial charge in [0.2, 0.25) is 0 Å². The summed E-state index contributed by atoms with van der Waals surface area (Å²) in [5.41, 5.74) is 0. The molecule has 0 amide bonds. The predicted octanol–water partition coefficient (Wildman–Crippen LogP) is 25.0. The molecule has 0 bridgehead atoms. The van der Waals surface area contributed by atoms with Crippen molar-refractivity contribution in [2.45, 2.75) is 374 Å². The first kappa shape index (κ1) is 79.6. The first-order chi connectivity index (χ1) is 41.0. The lowest BCUT2D eigenvalue weighted by molar-refractivity contribution is -0.167. The molecular weight excluding hydrogens is 1020 g/mol. The molecule has 6 heteroatoms. The fraction of sp³-hybridized carbons (Fsp3) is 0.779. The van der Waals surface area contributed by atoms with Gasteiger partial charge in [0.15, 0.2) is 6.10 Å². The second kappa shape index (κ2) is 71.1. The van der Waals surface area contributed by atoms with E-state index in [2.05, 4.69) is 106 Å². The number of rotatable bonds is 66. The number of allylic oxidation sites excluding steroid dienone is 14. The molecule has 83 heavy (non-hydrogen) atoms. The molecule has 0 aromatic heterocycles. The van der Waals surface area contributed by atoms with Crippen LogP contribution >= 0.6 is 0 Å². The highest BCUT2D eigenvalue weighted by atomic mass is 16.6. The van der Waals surface area contributed by atoms with Gasteiger partial charge in [0, 0.05) is 19.3 Å². The summed E-state index contributed by atoms with van der Waals surface area (Å²) in [6.07, 6.45) is 94.8. The quantitative estimate of drug-likeness (QED) is 0.0261. The van der Waals surface area contributed by atoms with Gasteiger partial charge in [0.25, 0.3) is 0 Å². The molecule has 0 saturated carbocycles. The summed E-state index contributed by atoms with van der Waals surface area (Å²) in [6, 6.07) is 0. The first-order valence-electron chi connectivity index (χ1n) is 36.1. The van der Waals surface area contributed by atoms with E-state index in [1.165, 1.54) is 238 Å². The Hall–Kier alpha value is -3.41. The summed E-state index contributed by atoms with van der Waals surface area (Å²) in [6.45, 7) is 6.53. The van der Waals surface area contributed by atoms with Crippen molar-refractivity contribution in [3.05, 3.63) is 85.1 Å². The molecule has 0 saturated heterocycles. The van der Waals surface area contributed by atoms with Crippen LogP contribution in [0.5, 0.6) is 0 Å². The third-order valence-corrected chi connectivity index (χ3v) is 15.9. The van der Waals surface area contributed by atoms with E-state index in [0.29, 0.717) is 19.3 Å². The lowest BCUT2D eigenvalue weighted by Crippen LogP contribution is -2.30. The van der Waals surface area contributed by atoms with Gasteiger partial charge >= 0.3 is 17.9 Å². The van der Waals surface area contributed by atoms with Crippen LogP contribution in [0, 0.1) is 0 Å². The molecule has 0 aliphatic heterocycles. The second-order valence-corrected chi connectivity index (χ2v) is 24.1. The average molecular weight is 1160 g/mol. The van der Waals surface area contributed by atoms with Crippen molar-refractivity contribution in [1.29, 1.82) is 0 Å². The van der Waals surface area contributed by atoms with Crippen molar-refractivity contribution in [3.8, 4) is 0 Å². The highest BCUT2D eigenvalue weighted by molar-refractivity contribution is 5.71. The highest BCUT2D eigenvalue weighted by Gasteiger charge is 2.19. The van der Waals surface area contributed by atoms with Gasteiger partial charge in [-0.15, -0.1) is 0 Å². The van der Waals surface area contributed by atoms with Crippen molar-refractivity contribution in [3.63, 3.8) is 0 Å². The smallest absolute Gasteiger partial charge is 0.306 e. The van der Waals surface area contributed by atoms with Crippen molar-refractivity contribution < 1.29 is 28.6 Å². The standard InChI is InChI=1S/C77H136O6/c1-4-7-10-13-16-19-22-25-28-30-32-34-36-38-40-42-44-46-49-52-55-58-61-64-67-70-76(79)82-73-74(72-81-75(78)69-66-63-60-57-54-51-48-27-24-21-18-15-12-9-6-3)83-77(80)71-68-65-62-59-56-53-50-47-45-43-41-39-37-35-33-31-29-26-23-20-17-14-11-8-5-2/h9,12,18,21-22,25,27,30-33,48,54,57,74H,4-8,10-11,13-17,19-20,23-24,26,28-29,34-47,49-53,55-56,58-73H2,1-3H3/b12-9-,21-18-,25-22-,32-30-,33-31-,48-27-,57-54-. The molecule has 1 atom stereocenters. The molecule has 480 valence electrons.